The Balaban J connectivity index is 1.30. The molecule has 2 aromatic heterocycles. The minimum Gasteiger partial charge on any atom is -0.359 e. The van der Waals surface area contributed by atoms with Crippen molar-refractivity contribution in [2.24, 2.45) is 0 Å². The summed E-state index contributed by atoms with van der Waals surface area (Å²) in [6, 6.07) is 16.2. The molecule has 3 aromatic rings. The molecule has 0 N–H and O–H groups in total. The van der Waals surface area contributed by atoms with Crippen LogP contribution in [0.4, 0.5) is 0 Å². The molecule has 28 heavy (non-hydrogen) atoms. The quantitative estimate of drug-likeness (QED) is 0.661. The van der Waals surface area contributed by atoms with Gasteiger partial charge in [0.15, 0.2) is 5.76 Å². The second-order valence-electron chi connectivity index (χ2n) is 7.30. The number of carbonyl (C=O) groups is 1. The van der Waals surface area contributed by atoms with E-state index in [0.29, 0.717) is 24.8 Å². The van der Waals surface area contributed by atoms with Gasteiger partial charge in [0.2, 0.25) is 5.91 Å². The number of benzene rings is 1. The Bertz CT molecular complexity index is 911. The van der Waals surface area contributed by atoms with E-state index in [4.69, 9.17) is 4.52 Å². The smallest absolute Gasteiger partial charge is 0.236 e. The number of likely N-dealkylation sites (N-methyl/N-ethyl adjacent to an activating group) is 1. The fourth-order valence-corrected chi connectivity index (χ4v) is 3.65. The molecule has 0 aliphatic carbocycles. The zero-order chi connectivity index (χ0) is 19.3. The molecular formula is C22H24N4O2. The SMILES string of the molecule is CN(Cc1cc(-c2ccncc2)no1)C(=O)CN1CCC(c2ccccc2)C1. The summed E-state index contributed by atoms with van der Waals surface area (Å²) < 4.78 is 5.41. The number of rotatable bonds is 6. The predicted molar refractivity (Wildman–Crippen MR) is 106 cm³/mol. The number of likely N-dealkylation sites (tertiary alicyclic amines) is 1. The van der Waals surface area contributed by atoms with E-state index in [1.54, 1.807) is 17.3 Å². The van der Waals surface area contributed by atoms with Crippen LogP contribution in [-0.4, -0.2) is 52.5 Å². The number of hydrogen-bond donors (Lipinski definition) is 0. The molecule has 1 atom stereocenters. The third kappa shape index (κ3) is 4.28. The topological polar surface area (TPSA) is 62.5 Å². The summed E-state index contributed by atoms with van der Waals surface area (Å²) in [4.78, 5) is 20.6. The van der Waals surface area contributed by atoms with Crippen molar-refractivity contribution in [3.63, 3.8) is 0 Å². The molecule has 1 aliphatic rings. The van der Waals surface area contributed by atoms with Crippen molar-refractivity contribution in [2.45, 2.75) is 18.9 Å². The molecule has 1 amide bonds. The van der Waals surface area contributed by atoms with Crippen molar-refractivity contribution in [2.75, 3.05) is 26.7 Å². The van der Waals surface area contributed by atoms with Crippen LogP contribution in [0.15, 0.2) is 65.4 Å². The Kier molecular flexibility index (Phi) is 5.48. The lowest BCUT2D eigenvalue weighted by Gasteiger charge is -2.20. The number of nitrogens with zero attached hydrogens (tertiary/aromatic N) is 4. The first kappa shape index (κ1) is 18.4. The van der Waals surface area contributed by atoms with Gasteiger partial charge >= 0.3 is 0 Å². The van der Waals surface area contributed by atoms with Gasteiger partial charge in [0.25, 0.3) is 0 Å². The highest BCUT2D eigenvalue weighted by Crippen LogP contribution is 2.26. The van der Waals surface area contributed by atoms with Crippen LogP contribution >= 0.6 is 0 Å². The lowest BCUT2D eigenvalue weighted by molar-refractivity contribution is -0.131. The van der Waals surface area contributed by atoms with Gasteiger partial charge in [-0.1, -0.05) is 35.5 Å². The maximum atomic E-state index is 12.6. The molecule has 6 nitrogen and oxygen atoms in total. The monoisotopic (exact) mass is 376 g/mol. The Morgan fingerprint density at radius 2 is 2.00 bits per heavy atom. The fraction of sp³-hybridized carbons (Fsp3) is 0.318. The van der Waals surface area contributed by atoms with E-state index in [0.717, 1.165) is 30.8 Å². The summed E-state index contributed by atoms with van der Waals surface area (Å²) in [6.45, 7) is 2.73. The van der Waals surface area contributed by atoms with Crippen LogP contribution in [0.25, 0.3) is 11.3 Å². The number of pyridine rings is 1. The van der Waals surface area contributed by atoms with Gasteiger partial charge in [-0.15, -0.1) is 0 Å². The highest BCUT2D eigenvalue weighted by Gasteiger charge is 2.26. The summed E-state index contributed by atoms with van der Waals surface area (Å²) in [5.41, 5.74) is 3.06. The first-order chi connectivity index (χ1) is 13.7. The van der Waals surface area contributed by atoms with Crippen LogP contribution in [0.5, 0.6) is 0 Å². The molecule has 6 heteroatoms. The Morgan fingerprint density at radius 3 is 2.79 bits per heavy atom. The third-order valence-electron chi connectivity index (χ3n) is 5.26. The van der Waals surface area contributed by atoms with E-state index in [1.807, 2.05) is 31.3 Å². The maximum Gasteiger partial charge on any atom is 0.236 e. The molecule has 1 fully saturated rings. The maximum absolute atomic E-state index is 12.6. The Morgan fingerprint density at radius 1 is 1.21 bits per heavy atom. The molecule has 144 valence electrons. The Hall–Kier alpha value is -2.99. The lowest BCUT2D eigenvalue weighted by atomic mass is 9.99. The van der Waals surface area contributed by atoms with Crippen molar-refractivity contribution in [3.05, 3.63) is 72.2 Å². The molecule has 1 unspecified atom stereocenters. The predicted octanol–water partition coefficient (Wildman–Crippen LogP) is 3.18. The number of amides is 1. The summed E-state index contributed by atoms with van der Waals surface area (Å²) in [6.07, 6.45) is 4.54. The molecule has 0 radical (unpaired) electrons. The first-order valence-corrected chi connectivity index (χ1v) is 9.56. The summed E-state index contributed by atoms with van der Waals surface area (Å²) in [7, 11) is 1.81. The van der Waals surface area contributed by atoms with Gasteiger partial charge in [0.05, 0.1) is 13.1 Å². The molecule has 1 saturated heterocycles. The van der Waals surface area contributed by atoms with Gasteiger partial charge in [-0.2, -0.15) is 0 Å². The van der Waals surface area contributed by atoms with Crippen molar-refractivity contribution in [3.8, 4) is 11.3 Å². The zero-order valence-corrected chi connectivity index (χ0v) is 16.0. The van der Waals surface area contributed by atoms with E-state index < -0.39 is 0 Å². The molecule has 0 saturated carbocycles. The van der Waals surface area contributed by atoms with Crippen LogP contribution in [0.3, 0.4) is 0 Å². The first-order valence-electron chi connectivity index (χ1n) is 9.56. The van der Waals surface area contributed by atoms with Crippen LogP contribution in [0.1, 0.15) is 23.7 Å². The average molecular weight is 376 g/mol. The fourth-order valence-electron chi connectivity index (χ4n) is 3.65. The highest BCUT2D eigenvalue weighted by atomic mass is 16.5. The number of carbonyl (C=O) groups excluding carboxylic acids is 1. The summed E-state index contributed by atoms with van der Waals surface area (Å²) in [5.74, 6) is 1.28. The van der Waals surface area contributed by atoms with Gasteiger partial charge in [0, 0.05) is 37.6 Å². The molecule has 3 heterocycles. The van der Waals surface area contributed by atoms with Crippen molar-refractivity contribution in [1.82, 2.24) is 19.9 Å². The van der Waals surface area contributed by atoms with Crippen LogP contribution in [0, 0.1) is 0 Å². The van der Waals surface area contributed by atoms with Gasteiger partial charge in [-0.05, 0) is 36.6 Å². The van der Waals surface area contributed by atoms with Crippen molar-refractivity contribution in [1.29, 1.82) is 0 Å². The minimum atomic E-state index is 0.0931. The zero-order valence-electron chi connectivity index (χ0n) is 16.0. The number of aromatic nitrogens is 2. The van der Waals surface area contributed by atoms with Crippen molar-refractivity contribution < 1.29 is 9.32 Å². The van der Waals surface area contributed by atoms with E-state index in [1.165, 1.54) is 5.56 Å². The van der Waals surface area contributed by atoms with Gasteiger partial charge in [-0.3, -0.25) is 14.7 Å². The third-order valence-corrected chi connectivity index (χ3v) is 5.26. The van der Waals surface area contributed by atoms with Gasteiger partial charge in [0.1, 0.15) is 5.69 Å². The summed E-state index contributed by atoms with van der Waals surface area (Å²) >= 11 is 0. The molecule has 1 aliphatic heterocycles. The van der Waals surface area contributed by atoms with E-state index in [2.05, 4.69) is 39.3 Å². The van der Waals surface area contributed by atoms with E-state index in [-0.39, 0.29) is 5.91 Å². The minimum absolute atomic E-state index is 0.0931. The molecule has 4 rings (SSSR count). The molecular weight excluding hydrogens is 352 g/mol. The highest BCUT2D eigenvalue weighted by molar-refractivity contribution is 5.78. The standard InChI is InChI=1S/C22H24N4O2/c1-25(15-20-13-21(24-28-20)18-7-10-23-11-8-18)22(27)16-26-12-9-19(14-26)17-5-3-2-4-6-17/h2-8,10-11,13,19H,9,12,14-16H2,1H3. The Labute approximate surface area is 164 Å². The number of hydrogen-bond acceptors (Lipinski definition) is 5. The second-order valence-corrected chi connectivity index (χ2v) is 7.30. The normalized spacial score (nSPS) is 17.0. The lowest BCUT2D eigenvalue weighted by Crippen LogP contribution is -2.37. The summed E-state index contributed by atoms with van der Waals surface area (Å²) in [5, 5.41) is 4.09. The van der Waals surface area contributed by atoms with Crippen molar-refractivity contribution >= 4 is 5.91 Å². The van der Waals surface area contributed by atoms with Crippen LogP contribution < -0.4 is 0 Å². The molecule has 0 spiro atoms. The van der Waals surface area contributed by atoms with Crippen LogP contribution in [0.2, 0.25) is 0 Å². The van der Waals surface area contributed by atoms with Crippen LogP contribution in [-0.2, 0) is 11.3 Å². The molecule has 1 aromatic carbocycles. The van der Waals surface area contributed by atoms with Gasteiger partial charge < -0.3 is 9.42 Å². The van der Waals surface area contributed by atoms with E-state index >= 15 is 0 Å². The van der Waals surface area contributed by atoms with E-state index in [9.17, 15) is 4.79 Å². The molecule has 0 bridgehead atoms. The second kappa shape index (κ2) is 8.35. The van der Waals surface area contributed by atoms with Gasteiger partial charge in [-0.25, -0.2) is 0 Å². The average Bonchev–Trinajstić information content (AvgIpc) is 3.39. The largest absolute Gasteiger partial charge is 0.359 e.